The molecule has 132 heavy (non-hydrogen) atoms. The summed E-state index contributed by atoms with van der Waals surface area (Å²) in [5.41, 5.74) is 28.9. The Bertz CT molecular complexity index is 6970. The van der Waals surface area contributed by atoms with Crippen LogP contribution in [-0.2, 0) is 0 Å². The number of para-hydroxylation sites is 9. The van der Waals surface area contributed by atoms with Gasteiger partial charge in [-0.15, -0.1) is 0 Å². The molecule has 0 aliphatic carbocycles. The zero-order valence-electron chi connectivity index (χ0n) is 72.5. The van der Waals surface area contributed by atoms with E-state index in [0.717, 1.165) is 79.9 Å². The molecule has 624 valence electrons. The SMILES string of the molecule is c1ccc(Oc2ccc3c(c2)-c2ccccc2B(c2ccccc2)N3c2ccccc2)cc1.c1ccc(Oc2ccc3c(c2)N(c2ccccc2)B(c2ccccc2)c2ccccc2-3)cc1.c1ccc(Oc2cccc3c2-c2ccccc2B(c2ccccc2)N3c2ccccc2)cc1.c1ccc(Oc2cccc3c2-c2ccccc2N(c2ccccc2)B3c2ccccc2)cc1. The molecule has 12 heteroatoms. The van der Waals surface area contributed by atoms with Crippen molar-refractivity contribution in [1.82, 2.24) is 0 Å². The molecule has 20 aromatic rings. The lowest BCUT2D eigenvalue weighted by atomic mass is 9.45. The van der Waals surface area contributed by atoms with Gasteiger partial charge in [0.25, 0.3) is 0 Å². The van der Waals surface area contributed by atoms with E-state index in [9.17, 15) is 0 Å². The lowest BCUT2D eigenvalue weighted by molar-refractivity contribution is 0.482. The van der Waals surface area contributed by atoms with Gasteiger partial charge in [0.05, 0.1) is 0 Å². The van der Waals surface area contributed by atoms with Gasteiger partial charge in [-0.05, 0) is 190 Å². The van der Waals surface area contributed by atoms with Crippen molar-refractivity contribution in [1.29, 1.82) is 0 Å². The van der Waals surface area contributed by atoms with Crippen molar-refractivity contribution in [3.63, 3.8) is 0 Å². The van der Waals surface area contributed by atoms with Gasteiger partial charge in [0.1, 0.15) is 46.0 Å². The second-order valence-electron chi connectivity index (χ2n) is 32.7. The molecule has 4 aliphatic rings. The van der Waals surface area contributed by atoms with E-state index in [1.165, 1.54) is 99.8 Å². The third-order valence-electron chi connectivity index (χ3n) is 24.7. The third kappa shape index (κ3) is 17.0. The summed E-state index contributed by atoms with van der Waals surface area (Å²) < 4.78 is 25.3. The van der Waals surface area contributed by atoms with Gasteiger partial charge in [-0.25, -0.2) is 0 Å². The van der Waals surface area contributed by atoms with Gasteiger partial charge in [0.15, 0.2) is 0 Å². The van der Waals surface area contributed by atoms with Crippen molar-refractivity contribution >= 4 is 117 Å². The standard InChI is InChI=1S/4C30H22BNO/c1-4-13-23(14-5-1)31-27-20-12-22-29(33-25-17-8-3-9-18-25)30(27)26-19-10-11-21-28(26)32(31)24-15-6-2-7-16-24;1-4-13-23(14-5-1)31-27-20-11-10-19-26(27)30-28(32(31)24-15-6-2-7-16-24)21-12-22-29(30)33-25-17-8-3-9-18-25;1-4-12-23(13-5-1)31-29-19-11-10-18-27(29)28-22-26(33-25-16-8-3-9-17-25)20-21-30(28)32(31)24-14-6-2-7-15-24;1-4-12-23(13-5-1)31-29-19-11-10-18-27(29)28-21-20-26(33-25-16-8-3-9-17-25)22-30(28)32(31)24-14-6-2-7-15-24/h4*1-22H. The largest absolute Gasteiger partial charge is 0.457 e. The third-order valence-corrected chi connectivity index (χ3v) is 24.7. The first-order chi connectivity index (χ1) is 65.6. The Balaban J connectivity index is 0.000000106. The molecular formula is C120H88B4N4O4. The van der Waals surface area contributed by atoms with Gasteiger partial charge < -0.3 is 38.2 Å². The van der Waals surface area contributed by atoms with E-state index in [-0.39, 0.29) is 27.4 Å². The Morgan fingerprint density at radius 1 is 0.144 bits per heavy atom. The smallest absolute Gasteiger partial charge is 0.328 e. The Morgan fingerprint density at radius 2 is 0.417 bits per heavy atom. The van der Waals surface area contributed by atoms with Crippen LogP contribution >= 0.6 is 0 Å². The molecule has 0 aromatic heterocycles. The van der Waals surface area contributed by atoms with Gasteiger partial charge >= 0.3 is 27.4 Å². The molecule has 0 N–H and O–H groups in total. The highest BCUT2D eigenvalue weighted by Gasteiger charge is 2.43. The predicted molar refractivity (Wildman–Crippen MR) is 554 cm³/mol. The van der Waals surface area contributed by atoms with Gasteiger partial charge in [-0.2, -0.15) is 0 Å². The fraction of sp³-hybridized carbons (Fsp3) is 0. The zero-order valence-corrected chi connectivity index (χ0v) is 72.5. The molecule has 0 radical (unpaired) electrons. The number of anilines is 8. The number of fused-ring (bicyclic) bond motifs is 12. The highest BCUT2D eigenvalue weighted by molar-refractivity contribution is 6.93. The van der Waals surface area contributed by atoms with E-state index < -0.39 is 0 Å². The molecule has 0 spiro atoms. The van der Waals surface area contributed by atoms with Crippen LogP contribution in [-0.4, -0.2) is 27.4 Å². The first kappa shape index (κ1) is 82.1. The summed E-state index contributed by atoms with van der Waals surface area (Å²) in [7, 11) is 0. The molecule has 4 heterocycles. The lowest BCUT2D eigenvalue weighted by Crippen LogP contribution is -2.57. The average Bonchev–Trinajstić information content (AvgIpc) is 0.744. The van der Waals surface area contributed by atoms with Crippen LogP contribution in [0.4, 0.5) is 45.5 Å². The molecule has 8 nitrogen and oxygen atoms in total. The van der Waals surface area contributed by atoms with Crippen LogP contribution in [0.5, 0.6) is 46.0 Å². The predicted octanol–water partition coefficient (Wildman–Crippen LogP) is 25.6. The van der Waals surface area contributed by atoms with E-state index in [0.29, 0.717) is 0 Å². The second-order valence-corrected chi connectivity index (χ2v) is 32.7. The molecule has 0 saturated heterocycles. The molecule has 0 unspecified atom stereocenters. The average molecular weight is 1690 g/mol. The number of hydrogen-bond acceptors (Lipinski definition) is 8. The van der Waals surface area contributed by atoms with Crippen LogP contribution in [0.2, 0.25) is 0 Å². The molecule has 0 atom stereocenters. The second kappa shape index (κ2) is 38.3. The van der Waals surface area contributed by atoms with Crippen LogP contribution in [0.1, 0.15) is 0 Å². The van der Waals surface area contributed by atoms with Gasteiger partial charge in [-0.3, -0.25) is 0 Å². The molecule has 24 rings (SSSR count). The minimum Gasteiger partial charge on any atom is -0.457 e. The Labute approximate surface area is 773 Å². The van der Waals surface area contributed by atoms with E-state index in [1.807, 2.05) is 121 Å². The summed E-state index contributed by atoms with van der Waals surface area (Å²) in [4.78, 5) is 9.76. The molecule has 0 amide bonds. The van der Waals surface area contributed by atoms with Crippen LogP contribution in [0, 0.1) is 0 Å². The van der Waals surface area contributed by atoms with Crippen molar-refractivity contribution in [3.05, 3.63) is 534 Å². The Hall–Kier alpha value is -16.9. The number of nitrogens with zero attached hydrogens (tertiary/aromatic N) is 4. The van der Waals surface area contributed by atoms with Crippen molar-refractivity contribution in [3.8, 4) is 90.5 Å². The highest BCUT2D eigenvalue weighted by Crippen LogP contribution is 2.49. The maximum absolute atomic E-state index is 6.44. The first-order valence-electron chi connectivity index (χ1n) is 45.0. The van der Waals surface area contributed by atoms with Gasteiger partial charge in [0.2, 0.25) is 0 Å². The zero-order chi connectivity index (χ0) is 88.1. The summed E-state index contributed by atoms with van der Waals surface area (Å²) in [5, 5.41) is 0. The molecule has 0 bridgehead atoms. The first-order valence-corrected chi connectivity index (χ1v) is 45.0. The molecule has 4 aliphatic heterocycles. The number of benzene rings is 20. The monoisotopic (exact) mass is 1690 g/mol. The maximum atomic E-state index is 6.44. The Kier molecular flexibility index (Phi) is 23.8. The quantitative estimate of drug-likeness (QED) is 0.0887. The number of ether oxygens (including phenoxy) is 4. The summed E-state index contributed by atoms with van der Waals surface area (Å²) in [6.07, 6.45) is 0. The fourth-order valence-corrected chi connectivity index (χ4v) is 19.0. The summed E-state index contributed by atoms with van der Waals surface area (Å²) in [6.45, 7) is 0.226. The van der Waals surface area contributed by atoms with Crippen molar-refractivity contribution in [2.45, 2.75) is 0 Å². The fourth-order valence-electron chi connectivity index (χ4n) is 19.0. The minimum absolute atomic E-state index is 0.0258. The highest BCUT2D eigenvalue weighted by atomic mass is 16.5. The van der Waals surface area contributed by atoms with Crippen molar-refractivity contribution in [2.24, 2.45) is 0 Å². The van der Waals surface area contributed by atoms with E-state index in [2.05, 4.69) is 432 Å². The van der Waals surface area contributed by atoms with Crippen molar-refractivity contribution in [2.75, 3.05) is 19.2 Å². The van der Waals surface area contributed by atoms with Gasteiger partial charge in [-0.1, -0.05) is 398 Å². The normalized spacial score (nSPS) is 12.1. The van der Waals surface area contributed by atoms with E-state index >= 15 is 0 Å². The van der Waals surface area contributed by atoms with Crippen LogP contribution in [0.15, 0.2) is 534 Å². The molecule has 20 aromatic carbocycles. The minimum atomic E-state index is 0.0258. The summed E-state index contributed by atoms with van der Waals surface area (Å²) in [6, 6.07) is 186. The molecule has 0 fully saturated rings. The topological polar surface area (TPSA) is 49.9 Å². The molecule has 0 saturated carbocycles. The Morgan fingerprint density at radius 3 is 0.841 bits per heavy atom. The van der Waals surface area contributed by atoms with Crippen LogP contribution in [0.3, 0.4) is 0 Å². The summed E-state index contributed by atoms with van der Waals surface area (Å²) >= 11 is 0. The number of rotatable bonds is 16. The van der Waals surface area contributed by atoms with Crippen molar-refractivity contribution < 1.29 is 18.9 Å². The number of hydrogen-bond donors (Lipinski definition) is 0. The van der Waals surface area contributed by atoms with Crippen LogP contribution < -0.4 is 81.9 Å². The maximum Gasteiger partial charge on any atom is 0.328 e. The van der Waals surface area contributed by atoms with E-state index in [1.54, 1.807) is 0 Å². The lowest BCUT2D eigenvalue weighted by Gasteiger charge is -2.39. The molecular weight excluding hydrogens is 1600 g/mol. The summed E-state index contributed by atoms with van der Waals surface area (Å²) in [5.74, 6) is 6.74. The van der Waals surface area contributed by atoms with Gasteiger partial charge in [0, 0.05) is 79.4 Å². The van der Waals surface area contributed by atoms with E-state index in [4.69, 9.17) is 18.9 Å². The van der Waals surface area contributed by atoms with Crippen LogP contribution in [0.25, 0.3) is 44.5 Å².